The van der Waals surface area contributed by atoms with Crippen LogP contribution in [-0.2, 0) is 23.9 Å². The lowest BCUT2D eigenvalue weighted by molar-refractivity contribution is -0.137. The molecular weight excluding hydrogens is 445 g/mol. The number of hydrogen-bond donors (Lipinski definition) is 1. The summed E-state index contributed by atoms with van der Waals surface area (Å²) in [6.45, 7) is 8.41. The number of amides is 1. The molecule has 1 aliphatic rings. The van der Waals surface area contributed by atoms with E-state index in [1.165, 1.54) is 0 Å². The van der Waals surface area contributed by atoms with Crippen LogP contribution in [0.1, 0.15) is 50.4 Å². The van der Waals surface area contributed by atoms with Crippen molar-refractivity contribution in [3.05, 3.63) is 63.6 Å². The Morgan fingerprint density at radius 2 is 1.82 bits per heavy atom. The average molecular weight is 473 g/mol. The highest BCUT2D eigenvalue weighted by molar-refractivity contribution is 5.91. The van der Waals surface area contributed by atoms with E-state index in [-0.39, 0.29) is 23.2 Å². The van der Waals surface area contributed by atoms with Crippen LogP contribution in [0.3, 0.4) is 0 Å². The number of carbonyl (C=O) groups excluding carboxylic acids is 1. The Balaban J connectivity index is 1.61. The van der Waals surface area contributed by atoms with Crippen LogP contribution >= 0.6 is 0 Å². The number of hydrogen-bond acceptors (Lipinski definition) is 4. The number of fused-ring (bicyclic) bond motifs is 2. The van der Waals surface area contributed by atoms with E-state index in [0.29, 0.717) is 17.4 Å². The summed E-state index contributed by atoms with van der Waals surface area (Å²) in [4.78, 5) is 28.0. The van der Waals surface area contributed by atoms with Crippen LogP contribution in [0.25, 0.3) is 10.8 Å². The molecule has 4 rings (SSSR count). The number of carbonyl (C=O) groups is 1. The molecule has 180 valence electrons. The molecule has 0 fully saturated rings. The van der Waals surface area contributed by atoms with E-state index in [2.05, 4.69) is 29.2 Å². The summed E-state index contributed by atoms with van der Waals surface area (Å²) in [5, 5.41) is 7.33. The minimum atomic E-state index is -4.53. The van der Waals surface area contributed by atoms with Gasteiger partial charge in [-0.05, 0) is 68.1 Å². The van der Waals surface area contributed by atoms with E-state index in [1.807, 2.05) is 18.2 Å². The number of anilines is 2. The molecule has 0 radical (unpaired) electrons. The molecule has 0 unspecified atom stereocenters. The number of rotatable bonds is 5. The highest BCUT2D eigenvalue weighted by atomic mass is 19.4. The molecule has 0 saturated heterocycles. The quantitative estimate of drug-likeness (QED) is 0.571. The maximum absolute atomic E-state index is 13.2. The number of alkyl halides is 3. The van der Waals surface area contributed by atoms with Crippen LogP contribution in [0, 0.1) is 0 Å². The summed E-state index contributed by atoms with van der Waals surface area (Å²) in [5.74, 6) is -0.685. The molecule has 0 spiro atoms. The molecule has 34 heavy (non-hydrogen) atoms. The molecular formula is C25H27F3N4O2. The first-order valence-electron chi connectivity index (χ1n) is 11.3. The number of nitrogens with one attached hydrogen (secondary N) is 1. The zero-order valence-electron chi connectivity index (χ0n) is 19.5. The van der Waals surface area contributed by atoms with Gasteiger partial charge in [-0.3, -0.25) is 9.59 Å². The molecule has 0 bridgehead atoms. The van der Waals surface area contributed by atoms with Crippen LogP contribution in [0.5, 0.6) is 0 Å². The lowest BCUT2D eigenvalue weighted by Crippen LogP contribution is -2.31. The van der Waals surface area contributed by atoms with Crippen LogP contribution in [0.15, 0.2) is 41.2 Å². The van der Waals surface area contributed by atoms with Crippen LogP contribution in [0.4, 0.5) is 24.5 Å². The third-order valence-corrected chi connectivity index (χ3v) is 6.07. The Morgan fingerprint density at radius 3 is 2.47 bits per heavy atom. The van der Waals surface area contributed by atoms with Gasteiger partial charge in [0, 0.05) is 29.3 Å². The van der Waals surface area contributed by atoms with Gasteiger partial charge in [-0.15, -0.1) is 0 Å². The van der Waals surface area contributed by atoms with Gasteiger partial charge in [0.25, 0.3) is 5.56 Å². The molecule has 3 aromatic rings. The average Bonchev–Trinajstić information content (AvgIpc) is 3.18. The minimum absolute atomic E-state index is 0.103. The second-order valence-corrected chi connectivity index (χ2v) is 9.19. The first kappa shape index (κ1) is 23.8. The van der Waals surface area contributed by atoms with E-state index in [1.54, 1.807) is 13.8 Å². The normalized spacial score (nSPS) is 13.7. The van der Waals surface area contributed by atoms with Crippen molar-refractivity contribution in [3.8, 4) is 0 Å². The van der Waals surface area contributed by atoms with Gasteiger partial charge >= 0.3 is 6.18 Å². The van der Waals surface area contributed by atoms with Gasteiger partial charge in [0.2, 0.25) is 5.91 Å². The Bertz CT molecular complexity index is 1310. The van der Waals surface area contributed by atoms with Crippen molar-refractivity contribution in [2.75, 3.05) is 16.8 Å². The highest BCUT2D eigenvalue weighted by Gasteiger charge is 2.31. The molecule has 1 aromatic heterocycles. The van der Waals surface area contributed by atoms with Crippen molar-refractivity contribution in [2.24, 2.45) is 0 Å². The maximum atomic E-state index is 13.2. The van der Waals surface area contributed by atoms with Crippen molar-refractivity contribution in [1.29, 1.82) is 0 Å². The van der Waals surface area contributed by atoms with Crippen molar-refractivity contribution >= 4 is 28.1 Å². The summed E-state index contributed by atoms with van der Waals surface area (Å²) in [5.41, 5.74) is 1.81. The Kier molecular flexibility index (Phi) is 6.14. The molecule has 2 heterocycles. The summed E-state index contributed by atoms with van der Waals surface area (Å²) in [6.07, 6.45) is -3.64. The van der Waals surface area contributed by atoms with Crippen LogP contribution in [-0.4, -0.2) is 28.3 Å². The summed E-state index contributed by atoms with van der Waals surface area (Å²) in [6, 6.07) is 9.11. The first-order valence-corrected chi connectivity index (χ1v) is 11.3. The number of aromatic nitrogens is 2. The highest BCUT2D eigenvalue weighted by Crippen LogP contribution is 2.33. The first-order chi connectivity index (χ1) is 16.0. The van der Waals surface area contributed by atoms with Crippen molar-refractivity contribution in [3.63, 3.8) is 0 Å². The lowest BCUT2D eigenvalue weighted by atomic mass is 10.0. The number of benzene rings is 2. The van der Waals surface area contributed by atoms with E-state index in [9.17, 15) is 22.8 Å². The van der Waals surface area contributed by atoms with Crippen molar-refractivity contribution in [2.45, 2.75) is 58.8 Å². The van der Waals surface area contributed by atoms with Gasteiger partial charge in [-0.1, -0.05) is 13.8 Å². The van der Waals surface area contributed by atoms with Gasteiger partial charge in [0.15, 0.2) is 0 Å². The molecule has 6 nitrogen and oxygen atoms in total. The molecule has 2 aromatic carbocycles. The lowest BCUT2D eigenvalue weighted by Gasteiger charge is -2.24. The molecule has 9 heteroatoms. The van der Waals surface area contributed by atoms with Gasteiger partial charge in [0.1, 0.15) is 6.54 Å². The largest absolute Gasteiger partial charge is 0.416 e. The number of nitrogens with zero attached hydrogens (tertiary/aromatic N) is 3. The minimum Gasteiger partial charge on any atom is -0.369 e. The molecule has 0 atom stereocenters. The fourth-order valence-electron chi connectivity index (χ4n) is 4.40. The number of halogens is 3. The van der Waals surface area contributed by atoms with Crippen LogP contribution < -0.4 is 15.8 Å². The van der Waals surface area contributed by atoms with E-state index in [0.717, 1.165) is 47.1 Å². The molecule has 0 aliphatic carbocycles. The van der Waals surface area contributed by atoms with E-state index in [4.69, 9.17) is 0 Å². The summed E-state index contributed by atoms with van der Waals surface area (Å²) < 4.78 is 40.6. The van der Waals surface area contributed by atoms with Crippen molar-refractivity contribution in [1.82, 2.24) is 9.78 Å². The summed E-state index contributed by atoms with van der Waals surface area (Å²) in [7, 11) is 0. The zero-order chi connectivity index (χ0) is 24.8. The second kappa shape index (κ2) is 8.77. The monoisotopic (exact) mass is 472 g/mol. The Labute approximate surface area is 195 Å². The Hall–Kier alpha value is -3.36. The smallest absolute Gasteiger partial charge is 0.369 e. The van der Waals surface area contributed by atoms with Gasteiger partial charge < -0.3 is 10.2 Å². The van der Waals surface area contributed by atoms with Gasteiger partial charge in [-0.2, -0.15) is 18.3 Å². The third kappa shape index (κ3) is 4.51. The fraction of sp³-hybridized carbons (Fsp3) is 0.400. The standard InChI is InChI=1S/C25H27F3N4O2/c1-14(2)23-20-12-17(25(26,27)28)5-7-19(20)24(34)32(30-23)13-22(33)29-18-6-8-21-16(11-18)9-10-31(21)15(3)4/h5-8,11-12,14-15H,9-10,13H2,1-4H3,(H,29,33). The Morgan fingerprint density at radius 1 is 1.09 bits per heavy atom. The predicted molar refractivity (Wildman–Crippen MR) is 126 cm³/mol. The van der Waals surface area contributed by atoms with Crippen molar-refractivity contribution < 1.29 is 18.0 Å². The van der Waals surface area contributed by atoms with Crippen LogP contribution in [0.2, 0.25) is 0 Å². The van der Waals surface area contributed by atoms with Gasteiger partial charge in [-0.25, -0.2) is 4.68 Å². The molecule has 1 aliphatic heterocycles. The topological polar surface area (TPSA) is 67.2 Å². The predicted octanol–water partition coefficient (Wildman–Crippen LogP) is 4.95. The SMILES string of the molecule is CC(C)c1nn(CC(=O)Nc2ccc3c(c2)CCN3C(C)C)c(=O)c2ccc(C(F)(F)F)cc12. The van der Waals surface area contributed by atoms with E-state index >= 15 is 0 Å². The zero-order valence-corrected chi connectivity index (χ0v) is 19.5. The third-order valence-electron chi connectivity index (χ3n) is 6.07. The second-order valence-electron chi connectivity index (χ2n) is 9.19. The molecule has 0 saturated carbocycles. The fourth-order valence-corrected chi connectivity index (χ4v) is 4.40. The van der Waals surface area contributed by atoms with E-state index < -0.39 is 23.2 Å². The van der Waals surface area contributed by atoms with Gasteiger partial charge in [0.05, 0.1) is 16.6 Å². The maximum Gasteiger partial charge on any atom is 0.416 e. The molecule has 1 N–H and O–H groups in total. The molecule has 1 amide bonds. The summed E-state index contributed by atoms with van der Waals surface area (Å²) >= 11 is 0.